The molecule has 1 rings (SSSR count). The first-order valence-corrected chi connectivity index (χ1v) is 6.73. The average molecular weight is 294 g/mol. The Morgan fingerprint density at radius 3 is 2.58 bits per heavy atom. The minimum Gasteiger partial charge on any atom is -0.404 e. The van der Waals surface area contributed by atoms with Crippen LogP contribution < -0.4 is 4.74 Å². The zero-order valence-corrected chi connectivity index (χ0v) is 10.5. The third kappa shape index (κ3) is 4.10. The molecule has 0 saturated carbocycles. The third-order valence-electron chi connectivity index (χ3n) is 1.98. The van der Waals surface area contributed by atoms with Gasteiger partial charge in [0.25, 0.3) is 0 Å². The number of aromatic nitrogens is 1. The molecule has 19 heavy (non-hydrogen) atoms. The SMILES string of the molecule is CCCS(=O)(=O)c1cc(OC(F)(F)F)cnc1C#N. The van der Waals surface area contributed by atoms with Crippen LogP contribution in [0.1, 0.15) is 19.0 Å². The van der Waals surface area contributed by atoms with Crippen molar-refractivity contribution >= 4 is 9.84 Å². The number of ether oxygens (including phenoxy) is 1. The summed E-state index contributed by atoms with van der Waals surface area (Å²) in [5, 5.41) is 8.73. The van der Waals surface area contributed by atoms with Gasteiger partial charge in [0.15, 0.2) is 15.5 Å². The van der Waals surface area contributed by atoms with Gasteiger partial charge in [0.2, 0.25) is 0 Å². The molecule has 0 spiro atoms. The summed E-state index contributed by atoms with van der Waals surface area (Å²) in [6.07, 6.45) is -4.05. The Balaban J connectivity index is 3.30. The molecule has 0 aromatic carbocycles. The van der Waals surface area contributed by atoms with Crippen LogP contribution in [0.4, 0.5) is 13.2 Å². The van der Waals surface area contributed by atoms with Crippen molar-refractivity contribution in [3.8, 4) is 11.8 Å². The van der Waals surface area contributed by atoms with Gasteiger partial charge in [0.05, 0.1) is 11.9 Å². The van der Waals surface area contributed by atoms with Crippen molar-refractivity contribution < 1.29 is 26.3 Å². The summed E-state index contributed by atoms with van der Waals surface area (Å²) in [5.74, 6) is -1.07. The molecule has 1 aromatic rings. The smallest absolute Gasteiger partial charge is 0.404 e. The first-order chi connectivity index (χ1) is 8.69. The van der Waals surface area contributed by atoms with Gasteiger partial charge in [0, 0.05) is 6.07 Å². The highest BCUT2D eigenvalue weighted by Crippen LogP contribution is 2.26. The molecule has 1 heterocycles. The number of pyridine rings is 1. The van der Waals surface area contributed by atoms with Gasteiger partial charge in [-0.1, -0.05) is 6.92 Å². The van der Waals surface area contributed by atoms with Crippen LogP contribution in [-0.4, -0.2) is 25.5 Å². The van der Waals surface area contributed by atoms with E-state index < -0.39 is 32.5 Å². The van der Waals surface area contributed by atoms with Crippen LogP contribution in [-0.2, 0) is 9.84 Å². The Kier molecular flexibility index (Phi) is 4.36. The van der Waals surface area contributed by atoms with Crippen LogP contribution >= 0.6 is 0 Å². The molecule has 0 aliphatic carbocycles. The molecule has 0 atom stereocenters. The number of halogens is 3. The molecule has 0 unspecified atom stereocenters. The van der Waals surface area contributed by atoms with Crippen molar-refractivity contribution in [1.29, 1.82) is 5.26 Å². The summed E-state index contributed by atoms with van der Waals surface area (Å²) in [7, 11) is -3.86. The summed E-state index contributed by atoms with van der Waals surface area (Å²) in [5.41, 5.74) is -0.456. The van der Waals surface area contributed by atoms with Gasteiger partial charge in [-0.3, -0.25) is 0 Å². The van der Waals surface area contributed by atoms with E-state index in [0.29, 0.717) is 12.3 Å². The summed E-state index contributed by atoms with van der Waals surface area (Å²) in [4.78, 5) is 2.81. The van der Waals surface area contributed by atoms with Crippen LogP contribution in [0.15, 0.2) is 17.2 Å². The standard InChI is InChI=1S/C10H9F3N2O3S/c1-2-3-19(16,17)9-4-7(18-10(11,12)13)6-15-8(9)5-14/h4,6H,2-3H2,1H3. The Morgan fingerprint density at radius 2 is 2.11 bits per heavy atom. The zero-order chi connectivity index (χ0) is 14.7. The third-order valence-corrected chi connectivity index (χ3v) is 3.90. The lowest BCUT2D eigenvalue weighted by Crippen LogP contribution is -2.18. The number of nitrogens with zero attached hydrogens (tertiary/aromatic N) is 2. The van der Waals surface area contributed by atoms with Crippen molar-refractivity contribution in [2.45, 2.75) is 24.6 Å². The van der Waals surface area contributed by atoms with Crippen molar-refractivity contribution in [3.63, 3.8) is 0 Å². The quantitative estimate of drug-likeness (QED) is 0.849. The van der Waals surface area contributed by atoms with E-state index in [2.05, 4.69) is 9.72 Å². The lowest BCUT2D eigenvalue weighted by molar-refractivity contribution is -0.274. The maximum absolute atomic E-state index is 12.0. The first-order valence-electron chi connectivity index (χ1n) is 5.08. The molecule has 0 fully saturated rings. The second-order valence-electron chi connectivity index (χ2n) is 3.50. The predicted octanol–water partition coefficient (Wildman–Crippen LogP) is 2.04. The zero-order valence-electron chi connectivity index (χ0n) is 9.73. The second-order valence-corrected chi connectivity index (χ2v) is 5.57. The largest absolute Gasteiger partial charge is 0.573 e. The van der Waals surface area contributed by atoms with Crippen LogP contribution in [0.5, 0.6) is 5.75 Å². The predicted molar refractivity (Wildman–Crippen MR) is 58.0 cm³/mol. The van der Waals surface area contributed by atoms with Crippen LogP contribution in [0.3, 0.4) is 0 Å². The van der Waals surface area contributed by atoms with Gasteiger partial charge in [-0.25, -0.2) is 13.4 Å². The van der Waals surface area contributed by atoms with Crippen LogP contribution in [0.25, 0.3) is 0 Å². The topological polar surface area (TPSA) is 80.1 Å². The van der Waals surface area contributed by atoms with E-state index >= 15 is 0 Å². The fourth-order valence-electron chi connectivity index (χ4n) is 1.32. The van der Waals surface area contributed by atoms with Crippen molar-refractivity contribution in [3.05, 3.63) is 18.0 Å². The number of alkyl halides is 3. The highest BCUT2D eigenvalue weighted by molar-refractivity contribution is 7.91. The van der Waals surface area contributed by atoms with Crippen LogP contribution in [0, 0.1) is 11.3 Å². The summed E-state index contributed by atoms with van der Waals surface area (Å²) in [6, 6.07) is 2.18. The highest BCUT2D eigenvalue weighted by Gasteiger charge is 2.32. The fourth-order valence-corrected chi connectivity index (χ4v) is 2.76. The van der Waals surface area contributed by atoms with Gasteiger partial charge in [0.1, 0.15) is 16.7 Å². The number of hydrogen-bond donors (Lipinski definition) is 0. The van der Waals surface area contributed by atoms with E-state index in [-0.39, 0.29) is 12.2 Å². The summed E-state index contributed by atoms with van der Waals surface area (Å²) >= 11 is 0. The molecule has 0 saturated heterocycles. The van der Waals surface area contributed by atoms with E-state index in [1.165, 1.54) is 6.07 Å². The normalized spacial score (nSPS) is 11.9. The molecule has 104 valence electrons. The van der Waals surface area contributed by atoms with Gasteiger partial charge < -0.3 is 4.74 Å². The van der Waals surface area contributed by atoms with Gasteiger partial charge >= 0.3 is 6.36 Å². The number of rotatable bonds is 4. The van der Waals surface area contributed by atoms with E-state index in [9.17, 15) is 21.6 Å². The second kappa shape index (κ2) is 5.44. The molecule has 9 heteroatoms. The van der Waals surface area contributed by atoms with Crippen LogP contribution in [0.2, 0.25) is 0 Å². The Hall–Kier alpha value is -1.82. The molecule has 0 N–H and O–H groups in total. The van der Waals surface area contributed by atoms with E-state index in [0.717, 1.165) is 0 Å². The molecular weight excluding hydrogens is 285 g/mol. The average Bonchev–Trinajstić information content (AvgIpc) is 2.26. The number of sulfone groups is 1. The molecule has 0 aliphatic rings. The Morgan fingerprint density at radius 1 is 1.47 bits per heavy atom. The summed E-state index contributed by atoms with van der Waals surface area (Å²) in [6.45, 7) is 1.59. The molecule has 0 radical (unpaired) electrons. The van der Waals surface area contributed by atoms with E-state index in [1.807, 2.05) is 0 Å². The lowest BCUT2D eigenvalue weighted by atomic mass is 10.3. The molecular formula is C10H9F3N2O3S. The van der Waals surface area contributed by atoms with Gasteiger partial charge in [-0.15, -0.1) is 13.2 Å². The molecule has 1 aromatic heterocycles. The highest BCUT2D eigenvalue weighted by atomic mass is 32.2. The van der Waals surface area contributed by atoms with Crippen molar-refractivity contribution in [2.24, 2.45) is 0 Å². The molecule has 5 nitrogen and oxygen atoms in total. The Labute approximate surface area is 107 Å². The maximum Gasteiger partial charge on any atom is 0.573 e. The number of nitriles is 1. The molecule has 0 amide bonds. The first kappa shape index (κ1) is 15.2. The van der Waals surface area contributed by atoms with Crippen molar-refractivity contribution in [1.82, 2.24) is 4.98 Å². The fraction of sp³-hybridized carbons (Fsp3) is 0.400. The minimum atomic E-state index is -4.96. The lowest BCUT2D eigenvalue weighted by Gasteiger charge is -2.10. The molecule has 0 aliphatic heterocycles. The van der Waals surface area contributed by atoms with E-state index in [1.54, 1.807) is 6.92 Å². The minimum absolute atomic E-state index is 0.261. The molecule has 0 bridgehead atoms. The monoisotopic (exact) mass is 294 g/mol. The maximum atomic E-state index is 12.0. The van der Waals surface area contributed by atoms with Crippen molar-refractivity contribution in [2.75, 3.05) is 5.75 Å². The summed E-state index contributed by atoms with van der Waals surface area (Å²) < 4.78 is 63.3. The van der Waals surface area contributed by atoms with E-state index in [4.69, 9.17) is 5.26 Å². The van der Waals surface area contributed by atoms with Gasteiger partial charge in [-0.05, 0) is 6.42 Å². The number of hydrogen-bond acceptors (Lipinski definition) is 5. The Bertz CT molecular complexity index is 605. The van der Waals surface area contributed by atoms with Gasteiger partial charge in [-0.2, -0.15) is 5.26 Å².